The number of ether oxygens (including phenoxy) is 1. The van der Waals surface area contributed by atoms with Crippen molar-refractivity contribution >= 4 is 34.6 Å². The van der Waals surface area contributed by atoms with Crippen LogP contribution >= 0.6 is 11.6 Å². The van der Waals surface area contributed by atoms with Gasteiger partial charge < -0.3 is 15.0 Å². The first-order valence-corrected chi connectivity index (χ1v) is 10.5. The molecule has 2 atom stereocenters. The Hall–Kier alpha value is -2.97. The molecule has 0 saturated carbocycles. The number of hydrogen-bond donors (Lipinski definition) is 1. The summed E-state index contributed by atoms with van der Waals surface area (Å²) in [6.45, 7) is 1.43. The number of aromatic nitrogens is 2. The van der Waals surface area contributed by atoms with Gasteiger partial charge in [0.1, 0.15) is 22.5 Å². The van der Waals surface area contributed by atoms with E-state index in [4.69, 9.17) is 16.3 Å². The van der Waals surface area contributed by atoms with E-state index in [1.807, 2.05) is 18.2 Å². The summed E-state index contributed by atoms with van der Waals surface area (Å²) in [5, 5.41) is 7.76. The predicted octanol–water partition coefficient (Wildman–Crippen LogP) is 4.68. The first-order chi connectivity index (χ1) is 15.1. The SMILES string of the molecule is Fc1cccc(F)c1C1=Nc2c(Cl)cnn2-c2cc(N3C4CCC3COC4)ccc2N1. The summed E-state index contributed by atoms with van der Waals surface area (Å²) < 4.78 is 36.3. The average Bonchev–Trinajstić information content (AvgIpc) is 3.17. The van der Waals surface area contributed by atoms with Gasteiger partial charge in [-0.2, -0.15) is 5.10 Å². The number of benzene rings is 2. The van der Waals surface area contributed by atoms with E-state index in [0.29, 0.717) is 47.5 Å². The van der Waals surface area contributed by atoms with E-state index in [1.54, 1.807) is 4.68 Å². The Morgan fingerprint density at radius 2 is 1.81 bits per heavy atom. The van der Waals surface area contributed by atoms with Crippen LogP contribution in [0.2, 0.25) is 5.02 Å². The molecule has 2 fully saturated rings. The molecule has 2 saturated heterocycles. The van der Waals surface area contributed by atoms with Gasteiger partial charge in [0.15, 0.2) is 5.82 Å². The Bertz CT molecular complexity index is 1190. The van der Waals surface area contributed by atoms with Crippen LogP contribution in [0.3, 0.4) is 0 Å². The van der Waals surface area contributed by atoms with E-state index in [1.165, 1.54) is 24.4 Å². The lowest BCUT2D eigenvalue weighted by atomic mass is 10.1. The highest BCUT2D eigenvalue weighted by Crippen LogP contribution is 2.40. The molecule has 0 radical (unpaired) electrons. The fraction of sp³-hybridized carbons (Fsp3) is 0.273. The highest BCUT2D eigenvalue weighted by Gasteiger charge is 2.38. The Balaban J connectivity index is 1.50. The molecule has 0 spiro atoms. The number of aliphatic imine (C=N–C) groups is 1. The Morgan fingerprint density at radius 1 is 1.06 bits per heavy atom. The van der Waals surface area contributed by atoms with Crippen molar-refractivity contribution in [3.8, 4) is 5.69 Å². The van der Waals surface area contributed by atoms with Crippen molar-refractivity contribution in [1.29, 1.82) is 0 Å². The maximum atomic E-state index is 14.5. The second-order valence-corrected chi connectivity index (χ2v) is 8.35. The summed E-state index contributed by atoms with van der Waals surface area (Å²) in [7, 11) is 0. The molecule has 0 amide bonds. The molecular formula is C22H18ClF2N5O. The van der Waals surface area contributed by atoms with Crippen LogP contribution in [-0.2, 0) is 4.74 Å². The summed E-state index contributed by atoms with van der Waals surface area (Å²) in [6.07, 6.45) is 3.67. The number of nitrogens with one attached hydrogen (secondary N) is 1. The zero-order valence-corrected chi connectivity index (χ0v) is 17.1. The Kier molecular flexibility index (Phi) is 4.26. The number of fused-ring (bicyclic) bond motifs is 5. The van der Waals surface area contributed by atoms with Crippen molar-refractivity contribution in [3.63, 3.8) is 0 Å². The standard InChI is InChI=1S/C22H18ClF2N5O/c23-15-9-26-30-19-8-12(29-13-4-5-14(29)11-31-10-13)6-7-18(19)27-21(28-22(15)30)20-16(24)2-1-3-17(20)25/h1-3,6-9,13-14H,4-5,10-11H2,(H,27,28). The molecule has 6 nitrogen and oxygen atoms in total. The number of rotatable bonds is 2. The van der Waals surface area contributed by atoms with Crippen molar-refractivity contribution in [2.75, 3.05) is 23.4 Å². The molecule has 3 aliphatic rings. The van der Waals surface area contributed by atoms with Gasteiger partial charge in [-0.1, -0.05) is 17.7 Å². The molecule has 2 aromatic carbocycles. The smallest absolute Gasteiger partial charge is 0.176 e. The molecule has 1 N–H and O–H groups in total. The first-order valence-electron chi connectivity index (χ1n) is 10.1. The number of morpholine rings is 1. The fourth-order valence-corrected chi connectivity index (χ4v) is 4.88. The van der Waals surface area contributed by atoms with Gasteiger partial charge >= 0.3 is 0 Å². The third kappa shape index (κ3) is 2.93. The number of nitrogens with zero attached hydrogens (tertiary/aromatic N) is 4. The predicted molar refractivity (Wildman–Crippen MR) is 115 cm³/mol. The van der Waals surface area contributed by atoms with Gasteiger partial charge in [-0.25, -0.2) is 18.5 Å². The van der Waals surface area contributed by atoms with Crippen LogP contribution in [0.15, 0.2) is 47.6 Å². The van der Waals surface area contributed by atoms with Crippen LogP contribution < -0.4 is 10.2 Å². The minimum Gasteiger partial charge on any atom is -0.377 e. The van der Waals surface area contributed by atoms with E-state index < -0.39 is 11.6 Å². The maximum Gasteiger partial charge on any atom is 0.176 e. The van der Waals surface area contributed by atoms with Crippen LogP contribution in [0, 0.1) is 11.6 Å². The third-order valence-corrected chi connectivity index (χ3v) is 6.39. The zero-order chi connectivity index (χ0) is 21.1. The molecule has 3 aliphatic heterocycles. The molecule has 6 rings (SSSR count). The molecule has 2 unspecified atom stereocenters. The van der Waals surface area contributed by atoms with Crippen molar-refractivity contribution in [2.45, 2.75) is 24.9 Å². The number of anilines is 2. The number of halogens is 3. The lowest BCUT2D eigenvalue weighted by molar-refractivity contribution is 0.0906. The van der Waals surface area contributed by atoms with Crippen molar-refractivity contribution in [2.24, 2.45) is 4.99 Å². The molecule has 2 bridgehead atoms. The summed E-state index contributed by atoms with van der Waals surface area (Å²) in [4.78, 5) is 6.85. The Labute approximate surface area is 182 Å². The minimum absolute atomic E-state index is 0.0391. The first kappa shape index (κ1) is 18.8. The zero-order valence-electron chi connectivity index (χ0n) is 16.4. The normalized spacial score (nSPS) is 21.8. The van der Waals surface area contributed by atoms with E-state index in [-0.39, 0.29) is 11.4 Å². The molecule has 1 aromatic heterocycles. The molecule has 0 aliphatic carbocycles. The second kappa shape index (κ2) is 7.03. The van der Waals surface area contributed by atoms with Crippen LogP contribution in [0.25, 0.3) is 5.69 Å². The maximum absolute atomic E-state index is 14.5. The van der Waals surface area contributed by atoms with Crippen molar-refractivity contribution in [1.82, 2.24) is 9.78 Å². The Morgan fingerprint density at radius 3 is 2.55 bits per heavy atom. The van der Waals surface area contributed by atoms with Gasteiger partial charge in [0.05, 0.1) is 48.4 Å². The quantitative estimate of drug-likeness (QED) is 0.627. The average molecular weight is 442 g/mol. The van der Waals surface area contributed by atoms with Crippen LogP contribution in [-0.4, -0.2) is 40.9 Å². The van der Waals surface area contributed by atoms with Crippen molar-refractivity contribution in [3.05, 3.63) is 64.8 Å². The van der Waals surface area contributed by atoms with Gasteiger partial charge in [-0.05, 0) is 43.2 Å². The highest BCUT2D eigenvalue weighted by atomic mass is 35.5. The summed E-state index contributed by atoms with van der Waals surface area (Å²) in [5.74, 6) is -1.07. The van der Waals surface area contributed by atoms with E-state index in [2.05, 4.69) is 20.3 Å². The molecule has 9 heteroatoms. The molecule has 4 heterocycles. The van der Waals surface area contributed by atoms with E-state index in [9.17, 15) is 8.78 Å². The molecule has 31 heavy (non-hydrogen) atoms. The largest absolute Gasteiger partial charge is 0.377 e. The van der Waals surface area contributed by atoms with Crippen LogP contribution in [0.5, 0.6) is 0 Å². The summed E-state index contributed by atoms with van der Waals surface area (Å²) >= 11 is 6.34. The lowest BCUT2D eigenvalue weighted by Crippen LogP contribution is -2.45. The summed E-state index contributed by atoms with van der Waals surface area (Å²) in [6, 6.07) is 10.3. The topological polar surface area (TPSA) is 54.7 Å². The minimum atomic E-state index is -0.710. The van der Waals surface area contributed by atoms with Crippen molar-refractivity contribution < 1.29 is 13.5 Å². The number of amidine groups is 1. The second-order valence-electron chi connectivity index (χ2n) is 7.94. The molecular weight excluding hydrogens is 424 g/mol. The summed E-state index contributed by atoms with van der Waals surface area (Å²) in [5.41, 5.74) is 2.15. The van der Waals surface area contributed by atoms with Gasteiger partial charge in [0.2, 0.25) is 0 Å². The van der Waals surface area contributed by atoms with Gasteiger partial charge in [0.25, 0.3) is 0 Å². The monoisotopic (exact) mass is 441 g/mol. The molecule has 3 aromatic rings. The van der Waals surface area contributed by atoms with Gasteiger partial charge in [0, 0.05) is 5.69 Å². The highest BCUT2D eigenvalue weighted by molar-refractivity contribution is 6.33. The van der Waals surface area contributed by atoms with E-state index in [0.717, 1.165) is 18.5 Å². The third-order valence-electron chi connectivity index (χ3n) is 6.12. The van der Waals surface area contributed by atoms with Crippen LogP contribution in [0.4, 0.5) is 26.0 Å². The molecule has 158 valence electrons. The van der Waals surface area contributed by atoms with Crippen LogP contribution in [0.1, 0.15) is 18.4 Å². The van der Waals surface area contributed by atoms with Gasteiger partial charge in [-0.15, -0.1) is 0 Å². The lowest BCUT2D eigenvalue weighted by Gasteiger charge is -2.37. The fourth-order valence-electron chi connectivity index (χ4n) is 4.71. The van der Waals surface area contributed by atoms with E-state index >= 15 is 0 Å². The number of hydrogen-bond acceptors (Lipinski definition) is 5. The van der Waals surface area contributed by atoms with Gasteiger partial charge in [-0.3, -0.25) is 0 Å².